The molecule has 90 valence electrons. The largest absolute Gasteiger partial charge is 0.480 e. The van der Waals surface area contributed by atoms with E-state index < -0.39 is 18.6 Å². The number of hydrogen-bond acceptors (Lipinski definition) is 5. The standard InChI is InChI=1S/C9H17BN2O4/c13-7(14)9-6-11-4-8(9,5-12-9)2-1-3-10(15)16/h11-12,15-16H,1-6H2,(H,13,14). The average molecular weight is 228 g/mol. The van der Waals surface area contributed by atoms with Crippen molar-refractivity contribution in [2.24, 2.45) is 5.41 Å². The number of carbonyl (C=O) groups is 1. The summed E-state index contributed by atoms with van der Waals surface area (Å²) in [4.78, 5) is 11.3. The van der Waals surface area contributed by atoms with E-state index in [1.165, 1.54) is 0 Å². The predicted molar refractivity (Wildman–Crippen MR) is 57.9 cm³/mol. The molecule has 2 aliphatic rings. The summed E-state index contributed by atoms with van der Waals surface area (Å²) in [5.41, 5.74) is -1.10. The first-order chi connectivity index (χ1) is 7.52. The van der Waals surface area contributed by atoms with Crippen molar-refractivity contribution in [2.75, 3.05) is 19.6 Å². The van der Waals surface area contributed by atoms with Gasteiger partial charge < -0.3 is 20.5 Å². The Bertz CT molecular complexity index is 301. The van der Waals surface area contributed by atoms with Gasteiger partial charge in [-0.3, -0.25) is 10.1 Å². The van der Waals surface area contributed by atoms with Crippen LogP contribution >= 0.6 is 0 Å². The van der Waals surface area contributed by atoms with Crippen LogP contribution in [0.3, 0.4) is 0 Å². The van der Waals surface area contributed by atoms with Crippen molar-refractivity contribution in [2.45, 2.75) is 24.7 Å². The zero-order valence-electron chi connectivity index (χ0n) is 9.07. The molecular formula is C9H17BN2O4. The highest BCUT2D eigenvalue weighted by atomic mass is 16.4. The summed E-state index contributed by atoms with van der Waals surface area (Å²) in [6.07, 6.45) is 1.64. The smallest absolute Gasteiger partial charge is 0.451 e. The summed E-state index contributed by atoms with van der Waals surface area (Å²) in [5.74, 6) is -0.812. The van der Waals surface area contributed by atoms with Crippen LogP contribution in [-0.4, -0.2) is 53.4 Å². The Morgan fingerprint density at radius 1 is 1.31 bits per heavy atom. The number of carboxylic acid groups (broad SMARTS) is 1. The van der Waals surface area contributed by atoms with E-state index in [-0.39, 0.29) is 5.41 Å². The fourth-order valence-corrected chi connectivity index (χ4v) is 2.90. The van der Waals surface area contributed by atoms with Crippen molar-refractivity contribution in [1.29, 1.82) is 0 Å². The molecule has 7 heteroatoms. The molecule has 2 saturated heterocycles. The summed E-state index contributed by atoms with van der Waals surface area (Å²) in [5, 5.41) is 32.9. The Hall–Kier alpha value is -0.625. The number of rotatable bonds is 5. The fourth-order valence-electron chi connectivity index (χ4n) is 2.90. The minimum atomic E-state index is -1.29. The Morgan fingerprint density at radius 2 is 2.06 bits per heavy atom. The highest BCUT2D eigenvalue weighted by Gasteiger charge is 2.66. The van der Waals surface area contributed by atoms with Crippen LogP contribution in [-0.2, 0) is 4.79 Å². The second-order valence-electron chi connectivity index (χ2n) is 4.82. The minimum Gasteiger partial charge on any atom is -0.480 e. The third-order valence-corrected chi connectivity index (χ3v) is 3.97. The van der Waals surface area contributed by atoms with Crippen molar-refractivity contribution in [3.05, 3.63) is 0 Å². The maximum absolute atomic E-state index is 11.3. The summed E-state index contributed by atoms with van der Waals surface area (Å²) in [6, 6.07) is 0. The first-order valence-electron chi connectivity index (χ1n) is 5.58. The maximum atomic E-state index is 11.3. The van der Waals surface area contributed by atoms with Gasteiger partial charge in [-0.25, -0.2) is 0 Å². The number of fused-ring (bicyclic) bond motifs is 1. The lowest BCUT2D eigenvalue weighted by Gasteiger charge is -2.53. The lowest BCUT2D eigenvalue weighted by atomic mass is 9.61. The van der Waals surface area contributed by atoms with Gasteiger partial charge in [-0.2, -0.15) is 0 Å². The zero-order valence-corrected chi connectivity index (χ0v) is 9.07. The number of nitrogens with one attached hydrogen (secondary N) is 2. The molecule has 2 atom stereocenters. The Balaban J connectivity index is 1.99. The molecule has 2 heterocycles. The van der Waals surface area contributed by atoms with E-state index in [1.807, 2.05) is 0 Å². The van der Waals surface area contributed by atoms with Gasteiger partial charge in [0.15, 0.2) is 0 Å². The van der Waals surface area contributed by atoms with Crippen LogP contribution in [0.15, 0.2) is 0 Å². The molecule has 0 aromatic carbocycles. The van der Waals surface area contributed by atoms with Crippen molar-refractivity contribution in [3.63, 3.8) is 0 Å². The molecule has 0 aliphatic carbocycles. The molecule has 0 aromatic rings. The number of hydrogen-bond donors (Lipinski definition) is 5. The first kappa shape index (κ1) is 11.8. The summed E-state index contributed by atoms with van der Waals surface area (Å²) >= 11 is 0. The number of carboxylic acids is 1. The van der Waals surface area contributed by atoms with Crippen LogP contribution < -0.4 is 10.6 Å². The van der Waals surface area contributed by atoms with Crippen LogP contribution in [0.1, 0.15) is 12.8 Å². The van der Waals surface area contributed by atoms with E-state index in [2.05, 4.69) is 10.6 Å². The highest BCUT2D eigenvalue weighted by molar-refractivity contribution is 6.40. The van der Waals surface area contributed by atoms with Gasteiger partial charge in [-0.15, -0.1) is 0 Å². The first-order valence-corrected chi connectivity index (χ1v) is 5.58. The predicted octanol–water partition coefficient (Wildman–Crippen LogP) is -1.74. The van der Waals surface area contributed by atoms with Crippen molar-refractivity contribution < 1.29 is 19.9 Å². The molecule has 2 aliphatic heterocycles. The maximum Gasteiger partial charge on any atom is 0.451 e. The SMILES string of the molecule is O=C(O)C12CNCC1(CCCB(O)O)CN2. The monoisotopic (exact) mass is 228 g/mol. The van der Waals surface area contributed by atoms with Crippen LogP contribution in [0.4, 0.5) is 0 Å². The third-order valence-electron chi connectivity index (χ3n) is 3.97. The number of aliphatic carboxylic acids is 1. The van der Waals surface area contributed by atoms with Gasteiger partial charge in [0.1, 0.15) is 5.54 Å². The van der Waals surface area contributed by atoms with Crippen LogP contribution in [0.25, 0.3) is 0 Å². The molecule has 0 amide bonds. The van der Waals surface area contributed by atoms with Gasteiger partial charge in [-0.1, -0.05) is 6.42 Å². The third kappa shape index (κ3) is 1.55. The van der Waals surface area contributed by atoms with Crippen molar-refractivity contribution >= 4 is 13.1 Å². The van der Waals surface area contributed by atoms with Crippen LogP contribution in [0.2, 0.25) is 6.32 Å². The summed E-state index contributed by atoms with van der Waals surface area (Å²) < 4.78 is 0. The minimum absolute atomic E-state index is 0.256. The van der Waals surface area contributed by atoms with Gasteiger partial charge in [-0.05, 0) is 12.7 Å². The Morgan fingerprint density at radius 3 is 2.56 bits per heavy atom. The molecule has 2 rings (SSSR count). The van der Waals surface area contributed by atoms with Crippen LogP contribution in [0.5, 0.6) is 0 Å². The normalized spacial score (nSPS) is 36.6. The molecule has 2 fully saturated rings. The molecule has 0 aromatic heterocycles. The van der Waals surface area contributed by atoms with Gasteiger partial charge in [0.05, 0.1) is 0 Å². The van der Waals surface area contributed by atoms with Crippen molar-refractivity contribution in [3.8, 4) is 0 Å². The second kappa shape index (κ2) is 3.99. The van der Waals surface area contributed by atoms with E-state index in [1.54, 1.807) is 0 Å². The van der Waals surface area contributed by atoms with Gasteiger partial charge in [0.2, 0.25) is 0 Å². The van der Waals surface area contributed by atoms with E-state index in [0.29, 0.717) is 38.8 Å². The van der Waals surface area contributed by atoms with E-state index in [9.17, 15) is 9.90 Å². The zero-order chi connectivity index (χ0) is 11.8. The van der Waals surface area contributed by atoms with Gasteiger partial charge in [0.25, 0.3) is 0 Å². The molecular weight excluding hydrogens is 211 g/mol. The van der Waals surface area contributed by atoms with Gasteiger partial charge >= 0.3 is 13.1 Å². The molecule has 0 spiro atoms. The molecule has 6 nitrogen and oxygen atoms in total. The molecule has 0 radical (unpaired) electrons. The quantitative estimate of drug-likeness (QED) is 0.358. The fraction of sp³-hybridized carbons (Fsp3) is 0.889. The molecule has 0 saturated carbocycles. The Labute approximate surface area is 94.2 Å². The molecule has 0 bridgehead atoms. The van der Waals surface area contributed by atoms with Gasteiger partial charge in [0, 0.05) is 25.0 Å². The van der Waals surface area contributed by atoms with E-state index >= 15 is 0 Å². The lowest BCUT2D eigenvalue weighted by Crippen LogP contribution is -2.76. The topological polar surface area (TPSA) is 102 Å². The summed E-state index contributed by atoms with van der Waals surface area (Å²) in [7, 11) is -1.29. The average Bonchev–Trinajstić information content (AvgIpc) is 2.41. The Kier molecular flexibility index (Phi) is 2.96. The molecule has 16 heavy (non-hydrogen) atoms. The molecule has 2 unspecified atom stereocenters. The summed E-state index contributed by atoms with van der Waals surface area (Å²) in [6.45, 7) is 1.83. The second-order valence-corrected chi connectivity index (χ2v) is 4.82. The van der Waals surface area contributed by atoms with Crippen LogP contribution in [0, 0.1) is 5.41 Å². The highest BCUT2D eigenvalue weighted by Crippen LogP contribution is 2.46. The van der Waals surface area contributed by atoms with E-state index in [0.717, 1.165) is 0 Å². The van der Waals surface area contributed by atoms with Crippen molar-refractivity contribution in [1.82, 2.24) is 10.6 Å². The molecule has 5 N–H and O–H groups in total. The van der Waals surface area contributed by atoms with E-state index in [4.69, 9.17) is 10.0 Å². The lowest BCUT2D eigenvalue weighted by molar-refractivity contribution is -0.156.